The lowest BCUT2D eigenvalue weighted by molar-refractivity contribution is 0.131. The third-order valence-corrected chi connectivity index (χ3v) is 5.36. The summed E-state index contributed by atoms with van der Waals surface area (Å²) in [6.07, 6.45) is 1.09. The van der Waals surface area contributed by atoms with Crippen LogP contribution in [0.3, 0.4) is 0 Å². The lowest BCUT2D eigenvalue weighted by Gasteiger charge is -2.46. The maximum absolute atomic E-state index is 5.68. The molecule has 0 spiro atoms. The minimum absolute atomic E-state index is 0.576. The summed E-state index contributed by atoms with van der Waals surface area (Å²) in [6, 6.07) is 10.0. The van der Waals surface area contributed by atoms with Gasteiger partial charge < -0.3 is 10.6 Å². The fourth-order valence-electron chi connectivity index (χ4n) is 3.34. The van der Waals surface area contributed by atoms with Gasteiger partial charge in [0.15, 0.2) is 0 Å². The van der Waals surface area contributed by atoms with Crippen molar-refractivity contribution in [2.45, 2.75) is 56.3 Å². The van der Waals surface area contributed by atoms with Crippen LogP contribution in [0.2, 0.25) is 0 Å². The number of rotatable bonds is 6. The number of piperazine rings is 1. The SMILES string of the molecule is CC(C)Sc1ccccc1N1CC(C)N(CCCN)C(C)C1. The molecule has 0 saturated carbocycles. The molecule has 4 heteroatoms. The Balaban J connectivity index is 2.12. The number of thioether (sulfide) groups is 1. The summed E-state index contributed by atoms with van der Waals surface area (Å²) in [6.45, 7) is 13.3. The van der Waals surface area contributed by atoms with Gasteiger partial charge in [-0.1, -0.05) is 26.0 Å². The van der Waals surface area contributed by atoms with E-state index >= 15 is 0 Å². The molecule has 3 nitrogen and oxygen atoms in total. The first-order chi connectivity index (χ1) is 10.5. The van der Waals surface area contributed by atoms with Crippen LogP contribution >= 0.6 is 11.8 Å². The van der Waals surface area contributed by atoms with Gasteiger partial charge in [-0.05, 0) is 38.9 Å². The Labute approximate surface area is 140 Å². The van der Waals surface area contributed by atoms with Crippen LogP contribution in [0.1, 0.15) is 34.1 Å². The molecule has 0 bridgehead atoms. The number of benzene rings is 1. The van der Waals surface area contributed by atoms with Crippen LogP contribution in [0.15, 0.2) is 29.2 Å². The Hall–Kier alpha value is -0.710. The van der Waals surface area contributed by atoms with E-state index in [0.717, 1.165) is 32.6 Å². The molecule has 22 heavy (non-hydrogen) atoms. The van der Waals surface area contributed by atoms with Gasteiger partial charge in [-0.3, -0.25) is 4.90 Å². The van der Waals surface area contributed by atoms with Crippen LogP contribution in [-0.4, -0.2) is 48.4 Å². The fraction of sp³-hybridized carbons (Fsp3) is 0.667. The first-order valence-electron chi connectivity index (χ1n) is 8.49. The van der Waals surface area contributed by atoms with E-state index in [9.17, 15) is 0 Å². The topological polar surface area (TPSA) is 32.5 Å². The highest BCUT2D eigenvalue weighted by molar-refractivity contribution is 8.00. The van der Waals surface area contributed by atoms with Crippen LogP contribution in [0, 0.1) is 0 Å². The van der Waals surface area contributed by atoms with E-state index in [1.54, 1.807) is 0 Å². The maximum atomic E-state index is 5.68. The minimum atomic E-state index is 0.576. The van der Waals surface area contributed by atoms with Gasteiger partial charge in [0.1, 0.15) is 0 Å². The monoisotopic (exact) mass is 321 g/mol. The molecule has 124 valence electrons. The van der Waals surface area contributed by atoms with Gasteiger partial charge in [0.25, 0.3) is 0 Å². The fourth-order valence-corrected chi connectivity index (χ4v) is 4.32. The van der Waals surface area contributed by atoms with Gasteiger partial charge >= 0.3 is 0 Å². The van der Waals surface area contributed by atoms with Gasteiger partial charge in [0.05, 0.1) is 5.69 Å². The van der Waals surface area contributed by atoms with Crippen LogP contribution in [-0.2, 0) is 0 Å². The summed E-state index contributed by atoms with van der Waals surface area (Å²) in [5, 5.41) is 0.613. The highest BCUT2D eigenvalue weighted by atomic mass is 32.2. The first-order valence-corrected chi connectivity index (χ1v) is 9.37. The molecule has 1 aliphatic rings. The molecule has 0 aromatic heterocycles. The zero-order valence-corrected chi connectivity index (χ0v) is 15.3. The number of anilines is 1. The largest absolute Gasteiger partial charge is 0.368 e. The Kier molecular flexibility index (Phi) is 6.60. The molecule has 1 aromatic rings. The Morgan fingerprint density at radius 1 is 1.18 bits per heavy atom. The Morgan fingerprint density at radius 2 is 1.82 bits per heavy atom. The maximum Gasteiger partial charge on any atom is 0.0505 e. The van der Waals surface area contributed by atoms with Crippen LogP contribution in [0.25, 0.3) is 0 Å². The van der Waals surface area contributed by atoms with Gasteiger partial charge in [-0.25, -0.2) is 0 Å². The van der Waals surface area contributed by atoms with E-state index in [4.69, 9.17) is 5.73 Å². The van der Waals surface area contributed by atoms with E-state index in [1.165, 1.54) is 10.6 Å². The Bertz CT molecular complexity index is 451. The summed E-state index contributed by atoms with van der Waals surface area (Å²) < 4.78 is 0. The second-order valence-electron chi connectivity index (χ2n) is 6.62. The molecule has 1 fully saturated rings. The van der Waals surface area contributed by atoms with Crippen LogP contribution in [0.4, 0.5) is 5.69 Å². The lowest BCUT2D eigenvalue weighted by Crippen LogP contribution is -2.57. The number of hydrogen-bond acceptors (Lipinski definition) is 4. The van der Waals surface area contributed by atoms with Crippen molar-refractivity contribution in [2.24, 2.45) is 5.73 Å². The van der Waals surface area contributed by atoms with Gasteiger partial charge in [0, 0.05) is 41.9 Å². The van der Waals surface area contributed by atoms with Crippen molar-refractivity contribution in [1.29, 1.82) is 0 Å². The molecule has 0 amide bonds. The van der Waals surface area contributed by atoms with Gasteiger partial charge in [-0.2, -0.15) is 0 Å². The van der Waals surface area contributed by atoms with Crippen molar-refractivity contribution in [3.8, 4) is 0 Å². The van der Waals surface area contributed by atoms with Gasteiger partial charge in [0.2, 0.25) is 0 Å². The minimum Gasteiger partial charge on any atom is -0.368 e. The molecule has 1 aliphatic heterocycles. The predicted molar refractivity (Wildman–Crippen MR) is 98.9 cm³/mol. The van der Waals surface area contributed by atoms with Crippen LogP contribution in [0.5, 0.6) is 0 Å². The third-order valence-electron chi connectivity index (χ3n) is 4.29. The van der Waals surface area contributed by atoms with Crippen molar-refractivity contribution >= 4 is 17.4 Å². The second-order valence-corrected chi connectivity index (χ2v) is 8.24. The zero-order valence-electron chi connectivity index (χ0n) is 14.5. The molecule has 1 aromatic carbocycles. The highest BCUT2D eigenvalue weighted by Crippen LogP contribution is 2.34. The summed E-state index contributed by atoms with van der Waals surface area (Å²) >= 11 is 1.96. The lowest BCUT2D eigenvalue weighted by atomic mass is 10.1. The first kappa shape index (κ1) is 17.6. The van der Waals surface area contributed by atoms with Crippen molar-refractivity contribution in [2.75, 3.05) is 31.1 Å². The number of nitrogens with two attached hydrogens (primary N) is 1. The normalized spacial score (nSPS) is 23.3. The molecule has 1 saturated heterocycles. The smallest absolute Gasteiger partial charge is 0.0505 e. The number of nitrogens with zero attached hydrogens (tertiary/aromatic N) is 2. The number of para-hydroxylation sites is 1. The van der Waals surface area contributed by atoms with Crippen LogP contribution < -0.4 is 10.6 Å². The van der Waals surface area contributed by atoms with Gasteiger partial charge in [-0.15, -0.1) is 11.8 Å². The predicted octanol–water partition coefficient (Wildman–Crippen LogP) is 3.43. The average molecular weight is 322 g/mol. The molecular formula is C18H31N3S. The summed E-state index contributed by atoms with van der Waals surface area (Å²) in [7, 11) is 0. The van der Waals surface area contributed by atoms with E-state index in [2.05, 4.69) is 61.8 Å². The third kappa shape index (κ3) is 4.40. The summed E-state index contributed by atoms with van der Waals surface area (Å²) in [5.41, 5.74) is 7.08. The average Bonchev–Trinajstić information content (AvgIpc) is 2.46. The molecule has 2 unspecified atom stereocenters. The highest BCUT2D eigenvalue weighted by Gasteiger charge is 2.29. The van der Waals surface area contributed by atoms with E-state index in [0.29, 0.717) is 17.3 Å². The second kappa shape index (κ2) is 8.23. The summed E-state index contributed by atoms with van der Waals surface area (Å²) in [4.78, 5) is 6.59. The van der Waals surface area contributed by atoms with E-state index in [1.807, 2.05) is 11.8 Å². The van der Waals surface area contributed by atoms with E-state index in [-0.39, 0.29) is 0 Å². The number of hydrogen-bond donors (Lipinski definition) is 1. The molecule has 1 heterocycles. The van der Waals surface area contributed by atoms with E-state index < -0.39 is 0 Å². The molecule has 2 rings (SSSR count). The molecule has 2 atom stereocenters. The molecule has 0 aliphatic carbocycles. The van der Waals surface area contributed by atoms with Crippen molar-refractivity contribution in [3.63, 3.8) is 0 Å². The van der Waals surface area contributed by atoms with Crippen molar-refractivity contribution in [3.05, 3.63) is 24.3 Å². The van der Waals surface area contributed by atoms with Crippen molar-refractivity contribution in [1.82, 2.24) is 4.90 Å². The zero-order chi connectivity index (χ0) is 16.1. The quantitative estimate of drug-likeness (QED) is 0.814. The summed E-state index contributed by atoms with van der Waals surface area (Å²) in [5.74, 6) is 0. The molecule has 0 radical (unpaired) electrons. The molecular weight excluding hydrogens is 290 g/mol. The standard InChI is InChI=1S/C18H31N3S/c1-14(2)22-18-9-6-5-8-17(18)20-12-15(3)21(11-7-10-19)16(4)13-20/h5-6,8-9,14-16H,7,10-13,19H2,1-4H3. The Morgan fingerprint density at radius 3 is 2.41 bits per heavy atom. The molecule has 2 N–H and O–H groups in total. The van der Waals surface area contributed by atoms with Crippen molar-refractivity contribution < 1.29 is 0 Å².